The van der Waals surface area contributed by atoms with Gasteiger partial charge in [0.2, 0.25) is 17.7 Å². The number of benzene rings is 2. The van der Waals surface area contributed by atoms with Crippen molar-refractivity contribution in [1.82, 2.24) is 15.5 Å². The Balaban J connectivity index is 0.923. The van der Waals surface area contributed by atoms with Gasteiger partial charge < -0.3 is 36.0 Å². The number of aliphatic hydroxyl groups is 3. The molecule has 0 radical (unpaired) electrons. The van der Waals surface area contributed by atoms with E-state index >= 15 is 0 Å². The fraction of sp³-hybridized carbons (Fsp3) is 0.479. The summed E-state index contributed by atoms with van der Waals surface area (Å²) >= 11 is 1.45. The van der Waals surface area contributed by atoms with Crippen LogP contribution >= 0.6 is 11.8 Å². The predicted octanol–water partition coefficient (Wildman–Crippen LogP) is 3.72. The van der Waals surface area contributed by atoms with Gasteiger partial charge in [0.25, 0.3) is 11.8 Å². The monoisotopic (exact) mass is 896 g/mol. The zero-order chi connectivity index (χ0) is 46.3. The largest absolute Gasteiger partial charge is 0.393 e. The van der Waals surface area contributed by atoms with Crippen LogP contribution in [0.25, 0.3) is 0 Å². The van der Waals surface area contributed by atoms with E-state index in [0.29, 0.717) is 30.5 Å². The van der Waals surface area contributed by atoms with E-state index in [2.05, 4.69) is 22.9 Å². The molecule has 5 aliphatic rings. The first-order valence-electron chi connectivity index (χ1n) is 21.7. The van der Waals surface area contributed by atoms with Gasteiger partial charge in [0.1, 0.15) is 18.7 Å². The smallest absolute Gasteiger partial charge is 0.253 e. The van der Waals surface area contributed by atoms with E-state index in [-0.39, 0.29) is 42.3 Å². The van der Waals surface area contributed by atoms with Crippen molar-refractivity contribution in [3.05, 3.63) is 90.0 Å². The second kappa shape index (κ2) is 18.3. The van der Waals surface area contributed by atoms with Crippen molar-refractivity contribution >= 4 is 58.6 Å². The highest BCUT2D eigenvalue weighted by Gasteiger charge is 2.65. The summed E-state index contributed by atoms with van der Waals surface area (Å²) in [6, 6.07) is 12.4. The van der Waals surface area contributed by atoms with E-state index in [9.17, 15) is 48.9 Å². The highest BCUT2D eigenvalue weighted by Crippen LogP contribution is 2.66. The fourth-order valence-corrected chi connectivity index (χ4v) is 11.8. The van der Waals surface area contributed by atoms with E-state index in [4.69, 9.17) is 4.74 Å². The van der Waals surface area contributed by atoms with Gasteiger partial charge in [-0.25, -0.2) is 0 Å². The highest BCUT2D eigenvalue weighted by molar-refractivity contribution is 7.99. The Bertz CT molecular complexity index is 2290. The van der Waals surface area contributed by atoms with Crippen LogP contribution in [-0.4, -0.2) is 98.8 Å². The van der Waals surface area contributed by atoms with Crippen molar-refractivity contribution in [2.75, 3.05) is 18.5 Å². The van der Waals surface area contributed by atoms with Crippen LogP contribution in [0.1, 0.15) is 72.3 Å². The second-order valence-corrected chi connectivity index (χ2v) is 19.5. The number of Topliss-reactive ketones (excluding diaryl/α,β-unsaturated/α-hetero) is 1. The molecule has 2 aromatic rings. The molecule has 2 aromatic carbocycles. The third kappa shape index (κ3) is 9.29. The summed E-state index contributed by atoms with van der Waals surface area (Å²) in [5.74, 6) is -5.71. The van der Waals surface area contributed by atoms with Gasteiger partial charge in [-0.1, -0.05) is 49.4 Å². The van der Waals surface area contributed by atoms with Crippen LogP contribution in [0.15, 0.2) is 94.3 Å². The minimum Gasteiger partial charge on any atom is -0.393 e. The SMILES string of the molecule is C[C@H](NC(=O)CCN1C(=O)C=CC1=O)C(=O)N[C@@H](C)C(=O)Nc1ccc(Sc2ccc(C(C)(O)OC3CC4[C@@H]5CCC6=CC(=O)C=C[C@]6(C)C5[C@@H](O)C[C@]4(C)[C@H]3C(=O)CO)cc2)cc1. The summed E-state index contributed by atoms with van der Waals surface area (Å²) in [5.41, 5.74) is 0.834. The standard InChI is InChI=1S/C48H56N4O11S/c1-26(49-39(57)19-21-52-40(58)16-17-41(52)59)44(60)50-27(2)45(61)51-30-9-13-33(14-10-30)64-32-11-6-28(7-12-32)48(5,62)63-38-23-35-34-15-8-29-22-31(54)18-20-46(29,3)42(34)36(55)24-47(35,4)43(38)37(56)25-53/h6-7,9-14,16-18,20,22,26-27,34-36,38,42-43,53,55,62H,8,15,19,21,23-25H2,1-5H3,(H,49,57)(H,50,60)(H,51,61)/t26-,27-,34-,35?,36-,38?,42?,43-,46-,47-,48?/m0/s1. The van der Waals surface area contributed by atoms with Crippen LogP contribution in [-0.2, 0) is 44.1 Å². The van der Waals surface area contributed by atoms with Crippen molar-refractivity contribution in [1.29, 1.82) is 0 Å². The maximum atomic E-state index is 13.6. The number of imide groups is 1. The summed E-state index contributed by atoms with van der Waals surface area (Å²) in [6.45, 7) is 7.81. The van der Waals surface area contributed by atoms with Crippen molar-refractivity contribution in [3.63, 3.8) is 0 Å². The average Bonchev–Trinajstić information content (AvgIpc) is 3.72. The molecule has 3 saturated carbocycles. The van der Waals surface area contributed by atoms with Crippen molar-refractivity contribution in [2.45, 2.75) is 107 Å². The van der Waals surface area contributed by atoms with Gasteiger partial charge in [0.05, 0.1) is 18.1 Å². The zero-order valence-electron chi connectivity index (χ0n) is 36.5. The number of carbonyl (C=O) groups excluding carboxylic acids is 7. The molecule has 16 heteroatoms. The Hall–Kier alpha value is -5.26. The molecule has 7 rings (SSSR count). The van der Waals surface area contributed by atoms with Crippen LogP contribution in [0.3, 0.4) is 0 Å². The summed E-state index contributed by atoms with van der Waals surface area (Å²) < 4.78 is 6.51. The number of nitrogens with zero attached hydrogens (tertiary/aromatic N) is 1. The molecule has 15 nitrogen and oxygen atoms in total. The van der Waals surface area contributed by atoms with Gasteiger partial charge in [-0.15, -0.1) is 0 Å². The Labute approximate surface area is 376 Å². The van der Waals surface area contributed by atoms with Gasteiger partial charge >= 0.3 is 0 Å². The highest BCUT2D eigenvalue weighted by atomic mass is 32.2. The van der Waals surface area contributed by atoms with Crippen LogP contribution in [0, 0.1) is 34.5 Å². The number of ether oxygens (including phenoxy) is 1. The molecule has 1 aliphatic heterocycles. The minimum atomic E-state index is -1.79. The van der Waals surface area contributed by atoms with Gasteiger partial charge in [-0.3, -0.25) is 38.5 Å². The Morgan fingerprint density at radius 1 is 0.922 bits per heavy atom. The lowest BCUT2D eigenvalue weighted by atomic mass is 9.46. The minimum absolute atomic E-state index is 0.0240. The Kier molecular flexibility index (Phi) is 13.4. The molecule has 11 atom stereocenters. The first-order chi connectivity index (χ1) is 30.2. The second-order valence-electron chi connectivity index (χ2n) is 18.3. The molecule has 5 amide bonds. The molecule has 64 heavy (non-hydrogen) atoms. The summed E-state index contributed by atoms with van der Waals surface area (Å²) in [4.78, 5) is 89.8. The molecule has 0 aromatic heterocycles. The molecular weight excluding hydrogens is 841 g/mol. The van der Waals surface area contributed by atoms with Crippen LogP contribution in [0.5, 0.6) is 0 Å². The quantitative estimate of drug-likeness (QED) is 0.111. The number of amides is 5. The number of nitrogens with one attached hydrogen (secondary N) is 3. The lowest BCUT2D eigenvalue weighted by Crippen LogP contribution is -2.56. The first-order valence-corrected chi connectivity index (χ1v) is 22.5. The van der Waals surface area contributed by atoms with Crippen molar-refractivity contribution in [2.24, 2.45) is 34.5 Å². The van der Waals surface area contributed by atoms with E-state index in [0.717, 1.165) is 38.8 Å². The van der Waals surface area contributed by atoms with Crippen molar-refractivity contribution < 1.29 is 53.6 Å². The van der Waals surface area contributed by atoms with Gasteiger partial charge in [-0.2, -0.15) is 0 Å². The normalized spacial score (nSPS) is 30.0. The number of aliphatic hydroxyl groups excluding tert-OH is 2. The molecule has 1 heterocycles. The molecule has 340 valence electrons. The van der Waals surface area contributed by atoms with E-state index < -0.39 is 83.0 Å². The van der Waals surface area contributed by atoms with Crippen LogP contribution in [0.4, 0.5) is 5.69 Å². The lowest BCUT2D eigenvalue weighted by molar-refractivity contribution is -0.235. The van der Waals surface area contributed by atoms with E-state index in [1.807, 2.05) is 37.3 Å². The molecule has 0 spiro atoms. The maximum absolute atomic E-state index is 13.6. The number of rotatable bonds is 15. The zero-order valence-corrected chi connectivity index (χ0v) is 37.4. The molecule has 3 fully saturated rings. The third-order valence-electron chi connectivity index (χ3n) is 14.1. The summed E-state index contributed by atoms with van der Waals surface area (Å²) in [5, 5.41) is 41.6. The van der Waals surface area contributed by atoms with Crippen molar-refractivity contribution in [3.8, 4) is 0 Å². The Morgan fingerprint density at radius 2 is 1.55 bits per heavy atom. The first kappa shape index (κ1) is 46.7. The number of fused-ring (bicyclic) bond motifs is 5. The summed E-state index contributed by atoms with van der Waals surface area (Å²) in [7, 11) is 0. The fourth-order valence-electron chi connectivity index (χ4n) is 10.9. The third-order valence-corrected chi connectivity index (χ3v) is 15.1. The molecule has 0 saturated heterocycles. The molecular formula is C48H56N4O11S. The van der Waals surface area contributed by atoms with Gasteiger partial charge in [-0.05, 0) is 112 Å². The number of allylic oxidation sites excluding steroid dienone is 4. The molecule has 4 unspecified atom stereocenters. The van der Waals surface area contributed by atoms with Gasteiger partial charge in [0.15, 0.2) is 17.4 Å². The van der Waals surface area contributed by atoms with Crippen LogP contribution < -0.4 is 16.0 Å². The lowest BCUT2D eigenvalue weighted by Gasteiger charge is -2.58. The molecule has 0 bridgehead atoms. The van der Waals surface area contributed by atoms with E-state index in [1.54, 1.807) is 43.3 Å². The maximum Gasteiger partial charge on any atom is 0.253 e. The molecule has 6 N–H and O–H groups in total. The van der Waals surface area contributed by atoms with Gasteiger partial charge in [0, 0.05) is 57.5 Å². The Morgan fingerprint density at radius 3 is 2.19 bits per heavy atom. The number of ketones is 2. The topological polar surface area (TPSA) is 229 Å². The van der Waals surface area contributed by atoms with Crippen LogP contribution in [0.2, 0.25) is 0 Å². The molecule has 4 aliphatic carbocycles. The average molecular weight is 897 g/mol. The number of hydrogen-bond acceptors (Lipinski definition) is 12. The summed E-state index contributed by atoms with van der Waals surface area (Å²) in [6.07, 6.45) is 8.10. The number of hydrogen-bond donors (Lipinski definition) is 6. The van der Waals surface area contributed by atoms with E-state index in [1.165, 1.54) is 25.6 Å². The number of anilines is 1. The number of carbonyl (C=O) groups is 7. The predicted molar refractivity (Wildman–Crippen MR) is 235 cm³/mol.